The molecule has 20 heavy (non-hydrogen) atoms. The predicted octanol–water partition coefficient (Wildman–Crippen LogP) is 2.21. The van der Waals surface area contributed by atoms with Gasteiger partial charge >= 0.3 is 0 Å². The monoisotopic (exact) mass is 278 g/mol. The molecule has 112 valence electrons. The van der Waals surface area contributed by atoms with Crippen LogP contribution in [0.3, 0.4) is 0 Å². The van der Waals surface area contributed by atoms with Crippen LogP contribution in [0.5, 0.6) is 0 Å². The van der Waals surface area contributed by atoms with Crippen LogP contribution in [0.1, 0.15) is 45.1 Å². The molecule has 1 aliphatic heterocycles. The van der Waals surface area contributed by atoms with Crippen molar-refractivity contribution in [3.8, 4) is 0 Å². The second-order valence-corrected chi connectivity index (χ2v) is 5.86. The zero-order valence-electron chi connectivity index (χ0n) is 12.8. The van der Waals surface area contributed by atoms with Gasteiger partial charge in [-0.25, -0.2) is 9.97 Å². The highest BCUT2D eigenvalue weighted by Crippen LogP contribution is 2.29. The molecule has 1 aliphatic rings. The maximum absolute atomic E-state index is 10.2. The van der Waals surface area contributed by atoms with Crippen molar-refractivity contribution in [2.75, 3.05) is 30.4 Å². The van der Waals surface area contributed by atoms with E-state index < -0.39 is 5.60 Å². The highest BCUT2D eigenvalue weighted by molar-refractivity contribution is 5.58. The van der Waals surface area contributed by atoms with Crippen molar-refractivity contribution in [1.29, 1.82) is 0 Å². The largest absolute Gasteiger partial charge is 0.390 e. The van der Waals surface area contributed by atoms with E-state index in [4.69, 9.17) is 0 Å². The first-order valence-electron chi connectivity index (χ1n) is 7.56. The van der Waals surface area contributed by atoms with Crippen LogP contribution < -0.4 is 10.2 Å². The summed E-state index contributed by atoms with van der Waals surface area (Å²) < 4.78 is 0. The van der Waals surface area contributed by atoms with Gasteiger partial charge in [0.05, 0.1) is 5.60 Å². The Balaban J connectivity index is 2.27. The standard InChI is InChI=1S/C15H26N4O/c1-4-6-12-13(16-3)17-11-18-14(12)19-9-5-7-15(2,20)8-10-19/h11,20H,4-10H2,1-3H3,(H,16,17,18). The Kier molecular flexibility index (Phi) is 4.81. The van der Waals surface area contributed by atoms with E-state index in [1.54, 1.807) is 6.33 Å². The van der Waals surface area contributed by atoms with E-state index in [0.29, 0.717) is 0 Å². The Bertz CT molecular complexity index is 447. The summed E-state index contributed by atoms with van der Waals surface area (Å²) in [4.78, 5) is 11.1. The first-order valence-corrected chi connectivity index (χ1v) is 7.56. The number of aliphatic hydroxyl groups is 1. The zero-order chi connectivity index (χ0) is 14.6. The van der Waals surface area contributed by atoms with Gasteiger partial charge in [-0.05, 0) is 32.6 Å². The fourth-order valence-corrected chi connectivity index (χ4v) is 2.85. The van der Waals surface area contributed by atoms with Crippen molar-refractivity contribution in [2.24, 2.45) is 0 Å². The van der Waals surface area contributed by atoms with Gasteiger partial charge in [0.1, 0.15) is 18.0 Å². The Labute approximate surface area is 121 Å². The molecular formula is C15H26N4O. The van der Waals surface area contributed by atoms with Gasteiger partial charge < -0.3 is 15.3 Å². The van der Waals surface area contributed by atoms with Crippen molar-refractivity contribution in [1.82, 2.24) is 9.97 Å². The van der Waals surface area contributed by atoms with Gasteiger partial charge in [0.15, 0.2) is 0 Å². The van der Waals surface area contributed by atoms with Gasteiger partial charge in [-0.15, -0.1) is 0 Å². The molecule has 1 fully saturated rings. The first-order chi connectivity index (χ1) is 9.57. The molecule has 1 aromatic rings. The van der Waals surface area contributed by atoms with Crippen LogP contribution in [0.4, 0.5) is 11.6 Å². The lowest BCUT2D eigenvalue weighted by molar-refractivity contribution is 0.0481. The zero-order valence-corrected chi connectivity index (χ0v) is 12.8. The molecule has 0 aromatic carbocycles. The molecule has 0 radical (unpaired) electrons. The minimum atomic E-state index is -0.543. The maximum Gasteiger partial charge on any atom is 0.137 e. The van der Waals surface area contributed by atoms with Crippen LogP contribution >= 0.6 is 0 Å². The van der Waals surface area contributed by atoms with Gasteiger partial charge in [-0.1, -0.05) is 13.3 Å². The lowest BCUT2D eigenvalue weighted by Crippen LogP contribution is -2.29. The number of anilines is 2. The number of nitrogens with zero attached hydrogens (tertiary/aromatic N) is 3. The first kappa shape index (κ1) is 15.0. The van der Waals surface area contributed by atoms with Crippen LogP contribution in [0.2, 0.25) is 0 Å². The Morgan fingerprint density at radius 2 is 2.15 bits per heavy atom. The molecule has 1 unspecified atom stereocenters. The maximum atomic E-state index is 10.2. The van der Waals surface area contributed by atoms with Gasteiger partial charge in [0.25, 0.3) is 0 Å². The molecule has 5 heteroatoms. The van der Waals surface area contributed by atoms with E-state index in [9.17, 15) is 5.11 Å². The number of aromatic nitrogens is 2. The summed E-state index contributed by atoms with van der Waals surface area (Å²) in [6.07, 6.45) is 6.31. The molecule has 1 saturated heterocycles. The lowest BCUT2D eigenvalue weighted by atomic mass is 9.98. The van der Waals surface area contributed by atoms with Crippen LogP contribution in [0, 0.1) is 0 Å². The number of nitrogens with one attached hydrogen (secondary N) is 1. The van der Waals surface area contributed by atoms with Crippen molar-refractivity contribution in [2.45, 2.75) is 51.6 Å². The quantitative estimate of drug-likeness (QED) is 0.884. The predicted molar refractivity (Wildman–Crippen MR) is 82.3 cm³/mol. The molecule has 2 rings (SSSR count). The molecule has 1 atom stereocenters. The van der Waals surface area contributed by atoms with Crippen LogP contribution in [0.25, 0.3) is 0 Å². The van der Waals surface area contributed by atoms with Crippen molar-refractivity contribution < 1.29 is 5.11 Å². The fourth-order valence-electron chi connectivity index (χ4n) is 2.85. The van der Waals surface area contributed by atoms with Crippen LogP contribution in [0.15, 0.2) is 6.33 Å². The van der Waals surface area contributed by atoms with E-state index in [1.807, 2.05) is 14.0 Å². The third kappa shape index (κ3) is 3.39. The smallest absolute Gasteiger partial charge is 0.137 e. The molecule has 2 N–H and O–H groups in total. The fraction of sp³-hybridized carbons (Fsp3) is 0.733. The summed E-state index contributed by atoms with van der Waals surface area (Å²) in [5.74, 6) is 1.96. The average Bonchev–Trinajstić information content (AvgIpc) is 2.60. The lowest BCUT2D eigenvalue weighted by Gasteiger charge is -2.26. The van der Waals surface area contributed by atoms with Gasteiger partial charge in [0, 0.05) is 25.7 Å². The topological polar surface area (TPSA) is 61.3 Å². The van der Waals surface area contributed by atoms with E-state index in [-0.39, 0.29) is 0 Å². The summed E-state index contributed by atoms with van der Waals surface area (Å²) in [5, 5.41) is 13.4. The summed E-state index contributed by atoms with van der Waals surface area (Å²) in [6, 6.07) is 0. The summed E-state index contributed by atoms with van der Waals surface area (Å²) in [5.41, 5.74) is 0.650. The number of hydrogen-bond donors (Lipinski definition) is 2. The minimum Gasteiger partial charge on any atom is -0.390 e. The van der Waals surface area contributed by atoms with Crippen molar-refractivity contribution in [3.63, 3.8) is 0 Å². The molecule has 1 aromatic heterocycles. The highest BCUT2D eigenvalue weighted by atomic mass is 16.3. The highest BCUT2D eigenvalue weighted by Gasteiger charge is 2.26. The van der Waals surface area contributed by atoms with E-state index in [2.05, 4.69) is 27.1 Å². The van der Waals surface area contributed by atoms with Crippen LogP contribution in [-0.2, 0) is 6.42 Å². The Morgan fingerprint density at radius 1 is 1.35 bits per heavy atom. The van der Waals surface area contributed by atoms with Crippen molar-refractivity contribution in [3.05, 3.63) is 11.9 Å². The van der Waals surface area contributed by atoms with E-state index >= 15 is 0 Å². The molecule has 0 amide bonds. The van der Waals surface area contributed by atoms with Crippen molar-refractivity contribution >= 4 is 11.6 Å². The van der Waals surface area contributed by atoms with Crippen LogP contribution in [-0.4, -0.2) is 40.8 Å². The third-order valence-electron chi connectivity index (χ3n) is 4.02. The molecule has 0 spiro atoms. The Morgan fingerprint density at radius 3 is 2.85 bits per heavy atom. The van der Waals surface area contributed by atoms with Gasteiger partial charge in [0.2, 0.25) is 0 Å². The second-order valence-electron chi connectivity index (χ2n) is 5.86. The summed E-state index contributed by atoms with van der Waals surface area (Å²) >= 11 is 0. The average molecular weight is 278 g/mol. The second kappa shape index (κ2) is 6.39. The number of rotatable bonds is 4. The van der Waals surface area contributed by atoms with Gasteiger partial charge in [-0.3, -0.25) is 0 Å². The molecular weight excluding hydrogens is 252 g/mol. The molecule has 0 bridgehead atoms. The molecule has 2 heterocycles. The van der Waals surface area contributed by atoms with Gasteiger partial charge in [-0.2, -0.15) is 0 Å². The third-order valence-corrected chi connectivity index (χ3v) is 4.02. The molecule has 5 nitrogen and oxygen atoms in total. The molecule has 0 aliphatic carbocycles. The SMILES string of the molecule is CCCc1c(NC)ncnc1N1CCCC(C)(O)CC1. The number of hydrogen-bond acceptors (Lipinski definition) is 5. The minimum absolute atomic E-state index is 0.543. The Hall–Kier alpha value is -1.36. The van der Waals surface area contributed by atoms with E-state index in [0.717, 1.165) is 56.8 Å². The molecule has 0 saturated carbocycles. The normalized spacial score (nSPS) is 23.5. The summed E-state index contributed by atoms with van der Waals surface area (Å²) in [7, 11) is 1.90. The summed E-state index contributed by atoms with van der Waals surface area (Å²) in [6.45, 7) is 5.91. The van der Waals surface area contributed by atoms with E-state index in [1.165, 1.54) is 5.56 Å².